The van der Waals surface area contributed by atoms with E-state index in [1.54, 1.807) is 6.20 Å². The van der Waals surface area contributed by atoms with E-state index in [1.807, 2.05) is 26.0 Å². The molecule has 4 heteroatoms. The van der Waals surface area contributed by atoms with Crippen molar-refractivity contribution in [1.29, 1.82) is 0 Å². The third-order valence-electron chi connectivity index (χ3n) is 2.97. The van der Waals surface area contributed by atoms with Crippen LogP contribution in [-0.4, -0.2) is 24.0 Å². The normalized spacial score (nSPS) is 14.1. The molecule has 2 heterocycles. The first-order chi connectivity index (χ1) is 8.16. The Morgan fingerprint density at radius 3 is 2.76 bits per heavy atom. The van der Waals surface area contributed by atoms with Crippen LogP contribution >= 0.6 is 0 Å². The van der Waals surface area contributed by atoms with Crippen LogP contribution in [0.25, 0.3) is 0 Å². The Hall–Kier alpha value is -1.68. The molecule has 2 rings (SSSR count). The zero-order valence-electron chi connectivity index (χ0n) is 10.2. The topological polar surface area (TPSA) is 54.0 Å². The van der Waals surface area contributed by atoms with Gasteiger partial charge in [0.25, 0.3) is 0 Å². The van der Waals surface area contributed by atoms with E-state index in [4.69, 9.17) is 0 Å². The lowest BCUT2D eigenvalue weighted by atomic mass is 10.0. The number of aromatic nitrogens is 1. The van der Waals surface area contributed by atoms with Crippen LogP contribution in [0.3, 0.4) is 0 Å². The van der Waals surface area contributed by atoms with Gasteiger partial charge in [0.05, 0.1) is 0 Å². The minimum Gasteiger partial charge on any atom is -0.348 e. The fourth-order valence-corrected chi connectivity index (χ4v) is 1.59. The van der Waals surface area contributed by atoms with Gasteiger partial charge in [-0.15, -0.1) is 0 Å². The summed E-state index contributed by atoms with van der Waals surface area (Å²) in [7, 11) is 0. The minimum atomic E-state index is 0.0158. The maximum atomic E-state index is 11.8. The summed E-state index contributed by atoms with van der Waals surface area (Å²) in [6.07, 6.45) is 1.79. The van der Waals surface area contributed by atoms with Crippen molar-refractivity contribution in [2.45, 2.75) is 20.4 Å². The molecular weight excluding hydrogens is 214 g/mol. The van der Waals surface area contributed by atoms with E-state index in [9.17, 15) is 4.79 Å². The lowest BCUT2D eigenvalue weighted by Crippen LogP contribution is -2.37. The standard InChI is InChI=1S/C13H17N3O/c1-9-3-4-11(5-15-9)6-16-13(17)10(2)12-7-14-8-12/h3-5,14H,6-8H2,1-2H3,(H,16,17). The number of carbonyl (C=O) groups excluding carboxylic acids is 1. The van der Waals surface area contributed by atoms with Gasteiger partial charge in [-0.2, -0.15) is 0 Å². The Bertz CT molecular complexity index is 442. The second-order valence-corrected chi connectivity index (χ2v) is 4.32. The third-order valence-corrected chi connectivity index (χ3v) is 2.97. The van der Waals surface area contributed by atoms with Gasteiger partial charge < -0.3 is 10.6 Å². The molecule has 1 aliphatic heterocycles. The summed E-state index contributed by atoms with van der Waals surface area (Å²) >= 11 is 0. The first kappa shape index (κ1) is 11.8. The van der Waals surface area contributed by atoms with E-state index < -0.39 is 0 Å². The zero-order valence-corrected chi connectivity index (χ0v) is 10.2. The van der Waals surface area contributed by atoms with E-state index in [1.165, 1.54) is 5.57 Å². The van der Waals surface area contributed by atoms with Gasteiger partial charge in [0.1, 0.15) is 0 Å². The van der Waals surface area contributed by atoms with Gasteiger partial charge >= 0.3 is 0 Å². The maximum absolute atomic E-state index is 11.8. The van der Waals surface area contributed by atoms with Crippen molar-refractivity contribution in [3.05, 3.63) is 40.7 Å². The van der Waals surface area contributed by atoms with Crippen molar-refractivity contribution >= 4 is 5.91 Å². The molecule has 1 aromatic rings. The quantitative estimate of drug-likeness (QED) is 0.761. The van der Waals surface area contributed by atoms with Crippen molar-refractivity contribution in [1.82, 2.24) is 15.6 Å². The van der Waals surface area contributed by atoms with Crippen LogP contribution in [0.4, 0.5) is 0 Å². The number of carbonyl (C=O) groups is 1. The number of nitrogens with one attached hydrogen (secondary N) is 2. The molecule has 1 aromatic heterocycles. The van der Waals surface area contributed by atoms with Gasteiger partial charge in [-0.3, -0.25) is 9.78 Å². The first-order valence-electron chi connectivity index (χ1n) is 5.76. The summed E-state index contributed by atoms with van der Waals surface area (Å²) in [4.78, 5) is 16.0. The zero-order chi connectivity index (χ0) is 12.3. The van der Waals surface area contributed by atoms with E-state index in [-0.39, 0.29) is 5.91 Å². The molecule has 1 saturated heterocycles. The fourth-order valence-electron chi connectivity index (χ4n) is 1.59. The van der Waals surface area contributed by atoms with Crippen LogP contribution in [0.15, 0.2) is 29.5 Å². The molecule has 0 spiro atoms. The lowest BCUT2D eigenvalue weighted by Gasteiger charge is -2.21. The molecule has 1 aliphatic rings. The maximum Gasteiger partial charge on any atom is 0.247 e. The van der Waals surface area contributed by atoms with Gasteiger partial charge in [-0.1, -0.05) is 6.07 Å². The third kappa shape index (κ3) is 2.91. The van der Waals surface area contributed by atoms with E-state index in [2.05, 4.69) is 15.6 Å². The van der Waals surface area contributed by atoms with Crippen LogP contribution in [0.2, 0.25) is 0 Å². The van der Waals surface area contributed by atoms with Gasteiger partial charge in [-0.25, -0.2) is 0 Å². The molecule has 0 unspecified atom stereocenters. The Balaban J connectivity index is 1.90. The molecule has 0 bridgehead atoms. The van der Waals surface area contributed by atoms with Crippen molar-refractivity contribution in [3.63, 3.8) is 0 Å². The molecule has 4 nitrogen and oxygen atoms in total. The summed E-state index contributed by atoms with van der Waals surface area (Å²) in [6, 6.07) is 3.93. The van der Waals surface area contributed by atoms with Crippen LogP contribution in [-0.2, 0) is 11.3 Å². The molecule has 0 radical (unpaired) electrons. The number of hydrogen-bond donors (Lipinski definition) is 2. The molecular formula is C13H17N3O. The Labute approximate surface area is 101 Å². The van der Waals surface area contributed by atoms with Gasteiger partial charge in [-0.05, 0) is 31.1 Å². The monoisotopic (exact) mass is 231 g/mol. The SMILES string of the molecule is CC(C(=O)NCc1ccc(C)nc1)=C1CNC1. The first-order valence-corrected chi connectivity index (χ1v) is 5.76. The highest BCUT2D eigenvalue weighted by atomic mass is 16.1. The van der Waals surface area contributed by atoms with Crippen molar-refractivity contribution < 1.29 is 4.79 Å². The molecule has 1 amide bonds. The van der Waals surface area contributed by atoms with Crippen molar-refractivity contribution in [2.24, 2.45) is 0 Å². The summed E-state index contributed by atoms with van der Waals surface area (Å²) in [5.41, 5.74) is 4.04. The Morgan fingerprint density at radius 2 is 2.24 bits per heavy atom. The molecule has 0 saturated carbocycles. The molecule has 2 N–H and O–H groups in total. The highest BCUT2D eigenvalue weighted by molar-refractivity contribution is 5.93. The summed E-state index contributed by atoms with van der Waals surface area (Å²) < 4.78 is 0. The van der Waals surface area contributed by atoms with Gasteiger partial charge in [0.2, 0.25) is 5.91 Å². The minimum absolute atomic E-state index is 0.0158. The van der Waals surface area contributed by atoms with E-state index >= 15 is 0 Å². The lowest BCUT2D eigenvalue weighted by molar-refractivity contribution is -0.117. The number of hydrogen-bond acceptors (Lipinski definition) is 3. The highest BCUT2D eigenvalue weighted by Crippen LogP contribution is 2.09. The van der Waals surface area contributed by atoms with Crippen molar-refractivity contribution in [2.75, 3.05) is 13.1 Å². The molecule has 90 valence electrons. The van der Waals surface area contributed by atoms with Crippen LogP contribution < -0.4 is 10.6 Å². The van der Waals surface area contributed by atoms with Gasteiger partial charge in [0, 0.05) is 37.1 Å². The van der Waals surface area contributed by atoms with E-state index in [0.717, 1.165) is 29.9 Å². The molecule has 0 aliphatic carbocycles. The predicted octanol–water partition coefficient (Wildman–Crippen LogP) is 0.926. The van der Waals surface area contributed by atoms with Crippen molar-refractivity contribution in [3.8, 4) is 0 Å². The molecule has 0 atom stereocenters. The van der Waals surface area contributed by atoms with E-state index in [0.29, 0.717) is 6.54 Å². The number of amides is 1. The molecule has 17 heavy (non-hydrogen) atoms. The number of rotatable bonds is 3. The van der Waals surface area contributed by atoms with Crippen LogP contribution in [0.5, 0.6) is 0 Å². The summed E-state index contributed by atoms with van der Waals surface area (Å²) in [5.74, 6) is 0.0158. The number of aryl methyl sites for hydroxylation is 1. The summed E-state index contributed by atoms with van der Waals surface area (Å²) in [5, 5.41) is 6.03. The fraction of sp³-hybridized carbons (Fsp3) is 0.385. The second-order valence-electron chi connectivity index (χ2n) is 4.32. The highest BCUT2D eigenvalue weighted by Gasteiger charge is 2.15. The van der Waals surface area contributed by atoms with Crippen LogP contribution in [0, 0.1) is 6.92 Å². The predicted molar refractivity (Wildman–Crippen MR) is 66.4 cm³/mol. The summed E-state index contributed by atoms with van der Waals surface area (Å²) in [6.45, 7) is 6.03. The second kappa shape index (κ2) is 5.10. The number of pyridine rings is 1. The van der Waals surface area contributed by atoms with Crippen LogP contribution in [0.1, 0.15) is 18.2 Å². The average Bonchev–Trinajstić information content (AvgIpc) is 2.25. The Morgan fingerprint density at radius 1 is 1.47 bits per heavy atom. The molecule has 0 aromatic carbocycles. The number of nitrogens with zero attached hydrogens (tertiary/aromatic N) is 1. The van der Waals surface area contributed by atoms with Gasteiger partial charge in [0.15, 0.2) is 0 Å². The molecule has 1 fully saturated rings. The smallest absolute Gasteiger partial charge is 0.247 e. The largest absolute Gasteiger partial charge is 0.348 e. The Kier molecular flexibility index (Phi) is 3.54. The average molecular weight is 231 g/mol.